The molecule has 168 valence electrons. The number of aromatic nitrogens is 3. The molecule has 0 aliphatic rings. The van der Waals surface area contributed by atoms with Gasteiger partial charge in [-0.3, -0.25) is 14.6 Å². The van der Waals surface area contributed by atoms with E-state index >= 15 is 0 Å². The van der Waals surface area contributed by atoms with Crippen molar-refractivity contribution in [2.24, 2.45) is 5.92 Å². The summed E-state index contributed by atoms with van der Waals surface area (Å²) in [5.74, 6) is -0.863. The van der Waals surface area contributed by atoms with E-state index in [1.165, 1.54) is 6.92 Å². The highest BCUT2D eigenvalue weighted by molar-refractivity contribution is 5.92. The second kappa shape index (κ2) is 9.84. The largest absolute Gasteiger partial charge is 0.467 e. The number of aryl methyl sites for hydroxylation is 2. The Bertz CT molecular complexity index is 961. The molecule has 1 atom stereocenters. The van der Waals surface area contributed by atoms with Crippen molar-refractivity contribution in [1.29, 1.82) is 0 Å². The van der Waals surface area contributed by atoms with Crippen molar-refractivity contribution >= 4 is 11.7 Å². The van der Waals surface area contributed by atoms with E-state index in [4.69, 9.17) is 0 Å². The van der Waals surface area contributed by atoms with Gasteiger partial charge in [-0.1, -0.05) is 13.8 Å². The molecule has 31 heavy (non-hydrogen) atoms. The number of ketones is 1. The highest BCUT2D eigenvalue weighted by Gasteiger charge is 2.29. The summed E-state index contributed by atoms with van der Waals surface area (Å²) in [5.41, 5.74) is 2.12. The van der Waals surface area contributed by atoms with Crippen molar-refractivity contribution in [3.63, 3.8) is 0 Å². The number of amides is 1. The highest BCUT2D eigenvalue weighted by atomic mass is 19.4. The summed E-state index contributed by atoms with van der Waals surface area (Å²) in [7, 11) is 0. The Morgan fingerprint density at radius 2 is 1.81 bits per heavy atom. The topological polar surface area (TPSA) is 94.1 Å². The van der Waals surface area contributed by atoms with Crippen LogP contribution in [0.2, 0.25) is 0 Å². The number of ether oxygens (including phenoxy) is 1. The third kappa shape index (κ3) is 7.30. The third-order valence-electron chi connectivity index (χ3n) is 4.38. The zero-order valence-corrected chi connectivity index (χ0v) is 18.0. The van der Waals surface area contributed by atoms with Crippen LogP contribution in [-0.4, -0.2) is 39.4 Å². The molecule has 0 aromatic carbocycles. The minimum absolute atomic E-state index is 0.0512. The lowest BCUT2D eigenvalue weighted by Gasteiger charge is -2.16. The van der Waals surface area contributed by atoms with Crippen LogP contribution >= 0.6 is 0 Å². The zero-order valence-electron chi connectivity index (χ0n) is 18.0. The maximum absolute atomic E-state index is 12.5. The molecule has 1 amide bonds. The number of nitrogens with one attached hydrogen (secondary N) is 1. The average molecular weight is 438 g/mol. The predicted molar refractivity (Wildman–Crippen MR) is 107 cm³/mol. The van der Waals surface area contributed by atoms with Gasteiger partial charge in [-0.15, -0.1) is 0 Å². The Morgan fingerprint density at radius 1 is 1.13 bits per heavy atom. The molecule has 0 radical (unpaired) electrons. The quantitative estimate of drug-likeness (QED) is 0.676. The summed E-state index contributed by atoms with van der Waals surface area (Å²) in [6, 6.07) is 3.15. The van der Waals surface area contributed by atoms with Gasteiger partial charge in [0.05, 0.1) is 12.2 Å². The highest BCUT2D eigenvalue weighted by Crippen LogP contribution is 2.20. The van der Waals surface area contributed by atoms with E-state index in [-0.39, 0.29) is 35.4 Å². The average Bonchev–Trinajstić information content (AvgIpc) is 2.65. The first-order valence-electron chi connectivity index (χ1n) is 9.70. The Kier molecular flexibility index (Phi) is 7.70. The van der Waals surface area contributed by atoms with Crippen LogP contribution in [0.5, 0.6) is 5.88 Å². The summed E-state index contributed by atoms with van der Waals surface area (Å²) >= 11 is 0. The summed E-state index contributed by atoms with van der Waals surface area (Å²) in [6.45, 7) is 7.13. The Balaban J connectivity index is 2.11. The molecule has 0 spiro atoms. The molecule has 0 aliphatic heterocycles. The lowest BCUT2D eigenvalue weighted by Crippen LogP contribution is -2.28. The predicted octanol–water partition coefficient (Wildman–Crippen LogP) is 3.69. The fourth-order valence-electron chi connectivity index (χ4n) is 2.72. The lowest BCUT2D eigenvalue weighted by atomic mass is 10.0. The number of nitrogens with zero attached hydrogens (tertiary/aromatic N) is 3. The molecule has 10 heteroatoms. The van der Waals surface area contributed by atoms with Crippen molar-refractivity contribution < 1.29 is 27.5 Å². The van der Waals surface area contributed by atoms with Gasteiger partial charge in [-0.05, 0) is 38.5 Å². The third-order valence-corrected chi connectivity index (χ3v) is 4.38. The van der Waals surface area contributed by atoms with E-state index in [9.17, 15) is 22.8 Å². The van der Waals surface area contributed by atoms with Crippen LogP contribution in [0.4, 0.5) is 13.2 Å². The standard InChI is InChI=1S/C21H25F3N4O3/c1-11(2)18(29)8-16-7-15(6-12(3)26-16)13(4)28-19(30)17-9-25-20(14(5)27-17)31-10-21(22,23)24/h6-7,9,11,13H,8,10H2,1-5H3,(H,28,30). The molecule has 0 saturated heterocycles. The molecule has 2 heterocycles. The molecule has 0 saturated carbocycles. The van der Waals surface area contributed by atoms with Gasteiger partial charge in [0.1, 0.15) is 17.2 Å². The van der Waals surface area contributed by atoms with Crippen molar-refractivity contribution in [2.75, 3.05) is 6.61 Å². The van der Waals surface area contributed by atoms with E-state index in [1.807, 2.05) is 13.8 Å². The fourth-order valence-corrected chi connectivity index (χ4v) is 2.72. The first-order chi connectivity index (χ1) is 14.4. The van der Waals surface area contributed by atoms with Gasteiger partial charge in [0, 0.05) is 23.7 Å². The summed E-state index contributed by atoms with van der Waals surface area (Å²) in [4.78, 5) is 36.7. The zero-order chi connectivity index (χ0) is 23.3. The van der Waals surface area contributed by atoms with Gasteiger partial charge in [-0.25, -0.2) is 9.97 Å². The van der Waals surface area contributed by atoms with E-state index in [1.54, 1.807) is 26.0 Å². The molecule has 1 unspecified atom stereocenters. The number of Topliss-reactive ketones (excluding diaryl/α,β-unsaturated/α-hetero) is 1. The number of alkyl halides is 3. The Morgan fingerprint density at radius 3 is 2.39 bits per heavy atom. The van der Waals surface area contributed by atoms with Crippen molar-refractivity contribution in [3.05, 3.63) is 46.7 Å². The Hall–Kier alpha value is -3.04. The monoisotopic (exact) mass is 438 g/mol. The normalized spacial score (nSPS) is 12.5. The summed E-state index contributed by atoms with van der Waals surface area (Å²) in [6.07, 6.45) is -3.23. The van der Waals surface area contributed by atoms with Gasteiger partial charge >= 0.3 is 6.18 Å². The second-order valence-corrected chi connectivity index (χ2v) is 7.58. The lowest BCUT2D eigenvalue weighted by molar-refractivity contribution is -0.154. The molecule has 2 rings (SSSR count). The molecule has 2 aromatic heterocycles. The van der Waals surface area contributed by atoms with Gasteiger partial charge in [-0.2, -0.15) is 13.2 Å². The molecular formula is C21H25F3N4O3. The number of hydrogen-bond donors (Lipinski definition) is 1. The van der Waals surface area contributed by atoms with E-state index < -0.39 is 24.7 Å². The second-order valence-electron chi connectivity index (χ2n) is 7.58. The van der Waals surface area contributed by atoms with E-state index in [0.29, 0.717) is 11.4 Å². The maximum atomic E-state index is 12.5. The van der Waals surface area contributed by atoms with Crippen LogP contribution in [0.1, 0.15) is 59.9 Å². The SMILES string of the molecule is Cc1cc(C(C)NC(=O)c2cnc(OCC(F)(F)F)c(C)n2)cc(CC(=O)C(C)C)n1. The van der Waals surface area contributed by atoms with Crippen LogP contribution in [-0.2, 0) is 11.2 Å². The van der Waals surface area contributed by atoms with Crippen molar-refractivity contribution in [1.82, 2.24) is 20.3 Å². The van der Waals surface area contributed by atoms with Gasteiger partial charge in [0.25, 0.3) is 5.91 Å². The van der Waals surface area contributed by atoms with Gasteiger partial charge < -0.3 is 10.1 Å². The maximum Gasteiger partial charge on any atom is 0.422 e. The fraction of sp³-hybridized carbons (Fsp3) is 0.476. The molecule has 7 nitrogen and oxygen atoms in total. The van der Waals surface area contributed by atoms with Crippen LogP contribution in [0.15, 0.2) is 18.3 Å². The number of carbonyl (C=O) groups is 2. The number of halogens is 3. The summed E-state index contributed by atoms with van der Waals surface area (Å²) in [5, 5.41) is 2.77. The van der Waals surface area contributed by atoms with Crippen LogP contribution in [0, 0.1) is 19.8 Å². The minimum atomic E-state index is -4.50. The van der Waals surface area contributed by atoms with E-state index in [0.717, 1.165) is 11.8 Å². The molecule has 0 aliphatic carbocycles. The first kappa shape index (κ1) is 24.2. The number of carbonyl (C=O) groups excluding carboxylic acids is 2. The van der Waals surface area contributed by atoms with Crippen molar-refractivity contribution in [2.45, 2.75) is 53.3 Å². The van der Waals surface area contributed by atoms with Crippen LogP contribution < -0.4 is 10.1 Å². The van der Waals surface area contributed by atoms with Crippen LogP contribution in [0.25, 0.3) is 0 Å². The molecule has 0 fully saturated rings. The number of pyridine rings is 1. The number of hydrogen-bond acceptors (Lipinski definition) is 6. The minimum Gasteiger partial charge on any atom is -0.467 e. The van der Waals surface area contributed by atoms with Gasteiger partial charge in [0.15, 0.2) is 6.61 Å². The number of rotatable bonds is 8. The Labute approximate surface area is 178 Å². The van der Waals surface area contributed by atoms with Crippen molar-refractivity contribution in [3.8, 4) is 5.88 Å². The molecular weight excluding hydrogens is 413 g/mol. The first-order valence-corrected chi connectivity index (χ1v) is 9.70. The summed E-state index contributed by atoms with van der Waals surface area (Å²) < 4.78 is 41.5. The molecule has 0 bridgehead atoms. The molecule has 1 N–H and O–H groups in total. The smallest absolute Gasteiger partial charge is 0.422 e. The van der Waals surface area contributed by atoms with Gasteiger partial charge in [0.2, 0.25) is 5.88 Å². The molecule has 2 aromatic rings. The van der Waals surface area contributed by atoms with Crippen LogP contribution in [0.3, 0.4) is 0 Å². The van der Waals surface area contributed by atoms with E-state index in [2.05, 4.69) is 25.0 Å².